The van der Waals surface area contributed by atoms with Crippen LogP contribution >= 0.6 is 0 Å². The number of rotatable bonds is 0. The predicted octanol–water partition coefficient (Wildman–Crippen LogP) is 0.0843. The Morgan fingerprint density at radius 3 is 3.25 bits per heavy atom. The van der Waals surface area contributed by atoms with Gasteiger partial charge in [0.15, 0.2) is 0 Å². The first kappa shape index (κ1) is 7.16. The summed E-state index contributed by atoms with van der Waals surface area (Å²) in [7, 11) is 0. The molecule has 2 aliphatic rings. The summed E-state index contributed by atoms with van der Waals surface area (Å²) in [4.78, 5) is 11.1. The lowest BCUT2D eigenvalue weighted by atomic mass is 10.0. The fourth-order valence-electron chi connectivity index (χ4n) is 1.31. The van der Waals surface area contributed by atoms with Crippen molar-refractivity contribution >= 4 is 5.91 Å². The Kier molecular flexibility index (Phi) is 1.70. The van der Waals surface area contributed by atoms with E-state index in [1.165, 1.54) is 0 Å². The van der Waals surface area contributed by atoms with Crippen LogP contribution in [0.1, 0.15) is 0 Å². The standard InChI is InChI=1S/C9H10N2O/c12-9-6-10-5-7-3-1-2-4-8(7)11-9/h1-5,8,10H,6H2,(H,11,12). The molecule has 1 aliphatic carbocycles. The Morgan fingerprint density at radius 1 is 1.42 bits per heavy atom. The fourth-order valence-corrected chi connectivity index (χ4v) is 1.31. The summed E-state index contributed by atoms with van der Waals surface area (Å²) in [6, 6.07) is 0.0532. The largest absolute Gasteiger partial charge is 0.382 e. The van der Waals surface area contributed by atoms with Gasteiger partial charge >= 0.3 is 0 Å². The Labute approximate surface area is 70.8 Å². The Hall–Kier alpha value is -1.51. The zero-order valence-corrected chi connectivity index (χ0v) is 6.58. The molecule has 3 nitrogen and oxygen atoms in total. The van der Waals surface area contributed by atoms with Gasteiger partial charge in [-0.25, -0.2) is 0 Å². The Balaban J connectivity index is 2.24. The van der Waals surface area contributed by atoms with E-state index in [1.54, 1.807) is 0 Å². The molecule has 0 aromatic carbocycles. The topological polar surface area (TPSA) is 41.1 Å². The van der Waals surface area contributed by atoms with E-state index in [2.05, 4.69) is 10.6 Å². The summed E-state index contributed by atoms with van der Waals surface area (Å²) < 4.78 is 0. The van der Waals surface area contributed by atoms with Gasteiger partial charge in [-0.1, -0.05) is 24.3 Å². The van der Waals surface area contributed by atoms with Crippen LogP contribution in [0.3, 0.4) is 0 Å². The first-order valence-corrected chi connectivity index (χ1v) is 3.94. The molecule has 1 aliphatic heterocycles. The molecule has 0 spiro atoms. The number of fused-ring (bicyclic) bond motifs is 1. The maximum Gasteiger partial charge on any atom is 0.240 e. The number of nitrogens with one attached hydrogen (secondary N) is 2. The molecular formula is C9H10N2O. The lowest BCUT2D eigenvalue weighted by Crippen LogP contribution is -2.36. The van der Waals surface area contributed by atoms with Crippen molar-refractivity contribution < 1.29 is 4.79 Å². The van der Waals surface area contributed by atoms with Crippen molar-refractivity contribution in [3.05, 3.63) is 36.1 Å². The molecule has 1 atom stereocenters. The predicted molar refractivity (Wildman–Crippen MR) is 46.3 cm³/mol. The molecule has 0 fully saturated rings. The number of hydrogen-bond donors (Lipinski definition) is 2. The average Bonchev–Trinajstić information content (AvgIpc) is 2.25. The molecule has 1 heterocycles. The first-order valence-electron chi connectivity index (χ1n) is 3.94. The normalized spacial score (nSPS) is 26.5. The molecule has 0 saturated carbocycles. The summed E-state index contributed by atoms with van der Waals surface area (Å²) >= 11 is 0. The maximum atomic E-state index is 11.1. The van der Waals surface area contributed by atoms with Gasteiger partial charge in [-0.3, -0.25) is 4.79 Å². The van der Waals surface area contributed by atoms with Crippen molar-refractivity contribution in [1.82, 2.24) is 10.6 Å². The Morgan fingerprint density at radius 2 is 2.33 bits per heavy atom. The average molecular weight is 162 g/mol. The van der Waals surface area contributed by atoms with E-state index in [-0.39, 0.29) is 11.9 Å². The van der Waals surface area contributed by atoms with E-state index in [0.29, 0.717) is 6.54 Å². The second-order valence-corrected chi connectivity index (χ2v) is 2.81. The number of hydrogen-bond acceptors (Lipinski definition) is 2. The third-order valence-corrected chi connectivity index (χ3v) is 1.91. The summed E-state index contributed by atoms with van der Waals surface area (Å²) in [5, 5.41) is 5.81. The lowest BCUT2D eigenvalue weighted by molar-refractivity contribution is -0.120. The van der Waals surface area contributed by atoms with Crippen molar-refractivity contribution in [1.29, 1.82) is 0 Å². The van der Waals surface area contributed by atoms with Gasteiger partial charge in [-0.2, -0.15) is 0 Å². The molecular weight excluding hydrogens is 152 g/mol. The smallest absolute Gasteiger partial charge is 0.240 e. The van der Waals surface area contributed by atoms with Crippen LogP contribution in [-0.4, -0.2) is 18.5 Å². The van der Waals surface area contributed by atoms with Crippen LogP contribution < -0.4 is 10.6 Å². The molecule has 0 saturated heterocycles. The maximum absolute atomic E-state index is 11.1. The molecule has 2 N–H and O–H groups in total. The number of allylic oxidation sites excluding steroid dienone is 2. The van der Waals surface area contributed by atoms with Gasteiger partial charge in [0.05, 0.1) is 12.6 Å². The highest BCUT2D eigenvalue weighted by Gasteiger charge is 2.16. The third-order valence-electron chi connectivity index (χ3n) is 1.91. The van der Waals surface area contributed by atoms with Gasteiger partial charge in [0, 0.05) is 6.20 Å². The molecule has 0 bridgehead atoms. The van der Waals surface area contributed by atoms with Gasteiger partial charge in [0.1, 0.15) is 0 Å². The van der Waals surface area contributed by atoms with E-state index in [4.69, 9.17) is 0 Å². The van der Waals surface area contributed by atoms with Crippen LogP contribution in [0.15, 0.2) is 36.1 Å². The van der Waals surface area contributed by atoms with Crippen molar-refractivity contribution in [3.8, 4) is 0 Å². The fraction of sp³-hybridized carbons (Fsp3) is 0.222. The van der Waals surface area contributed by atoms with Crippen molar-refractivity contribution in [2.45, 2.75) is 6.04 Å². The highest BCUT2D eigenvalue weighted by molar-refractivity contribution is 5.80. The molecule has 1 unspecified atom stereocenters. The van der Waals surface area contributed by atoms with E-state index < -0.39 is 0 Å². The van der Waals surface area contributed by atoms with E-state index in [0.717, 1.165) is 5.57 Å². The van der Waals surface area contributed by atoms with Crippen LogP contribution in [0.5, 0.6) is 0 Å². The molecule has 3 heteroatoms. The highest BCUT2D eigenvalue weighted by Crippen LogP contribution is 2.11. The minimum atomic E-state index is 0.0335. The van der Waals surface area contributed by atoms with Crippen LogP contribution in [-0.2, 0) is 4.79 Å². The van der Waals surface area contributed by atoms with E-state index in [9.17, 15) is 4.79 Å². The molecule has 2 rings (SSSR count). The summed E-state index contributed by atoms with van der Waals surface area (Å²) in [5.74, 6) is 0.0335. The zero-order chi connectivity index (χ0) is 8.39. The van der Waals surface area contributed by atoms with E-state index in [1.807, 2.05) is 30.5 Å². The van der Waals surface area contributed by atoms with E-state index >= 15 is 0 Å². The second kappa shape index (κ2) is 2.85. The third kappa shape index (κ3) is 1.25. The number of carbonyl (C=O) groups excluding carboxylic acids is 1. The van der Waals surface area contributed by atoms with Crippen molar-refractivity contribution in [2.75, 3.05) is 6.54 Å². The van der Waals surface area contributed by atoms with Crippen LogP contribution in [0.25, 0.3) is 0 Å². The van der Waals surface area contributed by atoms with Gasteiger partial charge in [-0.05, 0) is 5.57 Å². The second-order valence-electron chi connectivity index (χ2n) is 2.81. The molecule has 0 radical (unpaired) electrons. The SMILES string of the molecule is O=C1CNC=C2C=CC=CC2N1. The summed E-state index contributed by atoms with van der Waals surface area (Å²) in [6.07, 6.45) is 9.73. The minimum Gasteiger partial charge on any atom is -0.382 e. The number of carbonyl (C=O) groups is 1. The molecule has 1 amide bonds. The van der Waals surface area contributed by atoms with Crippen LogP contribution in [0, 0.1) is 0 Å². The quantitative estimate of drug-likeness (QED) is 0.530. The molecule has 12 heavy (non-hydrogen) atoms. The van der Waals surface area contributed by atoms with Gasteiger partial charge in [-0.15, -0.1) is 0 Å². The minimum absolute atomic E-state index is 0.0335. The lowest BCUT2D eigenvalue weighted by Gasteiger charge is -2.14. The monoisotopic (exact) mass is 162 g/mol. The van der Waals surface area contributed by atoms with Crippen molar-refractivity contribution in [2.24, 2.45) is 0 Å². The van der Waals surface area contributed by atoms with Gasteiger partial charge in [0.2, 0.25) is 5.91 Å². The van der Waals surface area contributed by atoms with Crippen molar-refractivity contribution in [3.63, 3.8) is 0 Å². The number of amides is 1. The molecule has 0 aromatic heterocycles. The molecule has 62 valence electrons. The van der Waals surface area contributed by atoms with Crippen LogP contribution in [0.4, 0.5) is 0 Å². The van der Waals surface area contributed by atoms with Gasteiger partial charge in [0.25, 0.3) is 0 Å². The Bertz CT molecular complexity index is 289. The highest BCUT2D eigenvalue weighted by atomic mass is 16.2. The van der Waals surface area contributed by atoms with Crippen LogP contribution in [0.2, 0.25) is 0 Å². The summed E-state index contributed by atoms with van der Waals surface area (Å²) in [6.45, 7) is 0.363. The molecule has 0 aromatic rings. The van der Waals surface area contributed by atoms with Gasteiger partial charge < -0.3 is 10.6 Å². The summed E-state index contributed by atoms with van der Waals surface area (Å²) in [5.41, 5.74) is 1.10. The zero-order valence-electron chi connectivity index (χ0n) is 6.58. The first-order chi connectivity index (χ1) is 5.86.